The zero-order valence-corrected chi connectivity index (χ0v) is 17.2. The molecule has 1 heterocycles. The lowest BCUT2D eigenvalue weighted by molar-refractivity contribution is 0.0947. The van der Waals surface area contributed by atoms with Crippen LogP contribution in [-0.4, -0.2) is 21.9 Å². The number of hydrogen-bond donors (Lipinski definition) is 1. The molecule has 0 aliphatic heterocycles. The summed E-state index contributed by atoms with van der Waals surface area (Å²) in [5.41, 5.74) is 6.34. The molecule has 0 saturated heterocycles. The summed E-state index contributed by atoms with van der Waals surface area (Å²) in [5.74, 6) is -0.607. The molecule has 0 aliphatic carbocycles. The minimum Gasteiger partial charge on any atom is -0.266 e. The van der Waals surface area contributed by atoms with Crippen LogP contribution in [0.1, 0.15) is 43.9 Å². The summed E-state index contributed by atoms with van der Waals surface area (Å²) >= 11 is 0. The molecule has 0 fully saturated rings. The number of nitrogens with one attached hydrogen (secondary N) is 1. The monoisotopic (exact) mass is 399 g/mol. The Balaban J connectivity index is 1.98. The van der Waals surface area contributed by atoms with Crippen molar-refractivity contribution in [2.24, 2.45) is 5.10 Å². The van der Waals surface area contributed by atoms with Gasteiger partial charge in [0, 0.05) is 5.56 Å². The zero-order valence-electron chi connectivity index (χ0n) is 17.2. The van der Waals surface area contributed by atoms with Crippen LogP contribution in [0, 0.1) is 39.0 Å². The lowest BCUT2D eigenvalue weighted by atomic mass is 10.1. The third kappa shape index (κ3) is 4.18. The molecule has 1 amide bonds. The molecule has 3 aromatic rings. The van der Waals surface area contributed by atoms with Crippen molar-refractivity contribution in [1.82, 2.24) is 15.2 Å². The Hall–Kier alpha value is -4.05. The number of nitrogens with zero attached hydrogens (tertiary/aromatic N) is 4. The van der Waals surface area contributed by atoms with E-state index in [4.69, 9.17) is 0 Å². The standard InChI is InChI=1S/C23H21N5O2/c1-14-5-8-18(9-6-14)13-25-26-22(29)21-17(4)20(12-24)23(30)28(27-21)19-10-7-15(2)16(3)11-19/h5-11,13H,1-4H3,(H,26,29)/b25-13+. The smallest absolute Gasteiger partial charge is 0.266 e. The highest BCUT2D eigenvalue weighted by molar-refractivity contribution is 5.94. The Morgan fingerprint density at radius 3 is 2.43 bits per heavy atom. The van der Waals surface area contributed by atoms with Gasteiger partial charge in [0.2, 0.25) is 0 Å². The maximum absolute atomic E-state index is 12.7. The van der Waals surface area contributed by atoms with Gasteiger partial charge in [-0.1, -0.05) is 35.9 Å². The fourth-order valence-electron chi connectivity index (χ4n) is 2.86. The second-order valence-electron chi connectivity index (χ2n) is 7.06. The van der Waals surface area contributed by atoms with Crippen LogP contribution in [0.15, 0.2) is 52.4 Å². The highest BCUT2D eigenvalue weighted by atomic mass is 16.2. The lowest BCUT2D eigenvalue weighted by Crippen LogP contribution is -2.31. The Morgan fingerprint density at radius 2 is 1.80 bits per heavy atom. The number of hydrazone groups is 1. The second kappa shape index (κ2) is 8.53. The van der Waals surface area contributed by atoms with Crippen LogP contribution in [-0.2, 0) is 0 Å². The topological polar surface area (TPSA) is 100 Å². The number of aromatic nitrogens is 2. The number of benzene rings is 2. The van der Waals surface area contributed by atoms with Crippen LogP contribution < -0.4 is 11.0 Å². The van der Waals surface area contributed by atoms with E-state index in [1.807, 2.05) is 57.2 Å². The van der Waals surface area contributed by atoms with Crippen LogP contribution in [0.25, 0.3) is 5.69 Å². The molecule has 1 N–H and O–H groups in total. The van der Waals surface area contributed by atoms with Crippen molar-refractivity contribution in [2.75, 3.05) is 0 Å². The van der Waals surface area contributed by atoms with Gasteiger partial charge in [0.15, 0.2) is 5.69 Å². The zero-order chi connectivity index (χ0) is 21.8. The number of hydrogen-bond acceptors (Lipinski definition) is 5. The summed E-state index contributed by atoms with van der Waals surface area (Å²) < 4.78 is 1.08. The van der Waals surface area contributed by atoms with Gasteiger partial charge in [-0.3, -0.25) is 9.59 Å². The van der Waals surface area contributed by atoms with E-state index in [9.17, 15) is 14.9 Å². The first-order valence-electron chi connectivity index (χ1n) is 9.33. The normalized spacial score (nSPS) is 10.8. The maximum Gasteiger partial charge on any atom is 0.292 e. The maximum atomic E-state index is 12.7. The van der Waals surface area contributed by atoms with Crippen molar-refractivity contribution in [3.8, 4) is 11.8 Å². The average molecular weight is 399 g/mol. The van der Waals surface area contributed by atoms with Crippen molar-refractivity contribution >= 4 is 12.1 Å². The van der Waals surface area contributed by atoms with Crippen LogP contribution in [0.4, 0.5) is 0 Å². The molecular weight excluding hydrogens is 378 g/mol. The molecule has 0 bridgehead atoms. The molecule has 2 aromatic carbocycles. The molecule has 0 radical (unpaired) electrons. The summed E-state index contributed by atoms with van der Waals surface area (Å²) in [6.07, 6.45) is 1.51. The molecule has 0 saturated carbocycles. The first-order valence-corrected chi connectivity index (χ1v) is 9.33. The van der Waals surface area contributed by atoms with Crippen LogP contribution in [0.3, 0.4) is 0 Å². The minimum atomic E-state index is -0.607. The minimum absolute atomic E-state index is 0.0366. The highest BCUT2D eigenvalue weighted by Crippen LogP contribution is 2.14. The van der Waals surface area contributed by atoms with E-state index in [1.54, 1.807) is 12.1 Å². The van der Waals surface area contributed by atoms with Gasteiger partial charge in [0.05, 0.1) is 11.9 Å². The van der Waals surface area contributed by atoms with Gasteiger partial charge < -0.3 is 0 Å². The third-order valence-corrected chi connectivity index (χ3v) is 4.86. The number of aryl methyl sites for hydroxylation is 3. The fraction of sp³-hybridized carbons (Fsp3) is 0.174. The van der Waals surface area contributed by atoms with Gasteiger partial charge in [-0.2, -0.15) is 20.1 Å². The molecule has 150 valence electrons. The van der Waals surface area contributed by atoms with E-state index < -0.39 is 11.5 Å². The van der Waals surface area contributed by atoms with Gasteiger partial charge in [-0.25, -0.2) is 5.43 Å². The summed E-state index contributed by atoms with van der Waals surface area (Å²) in [5, 5.41) is 17.7. The molecule has 7 nitrogen and oxygen atoms in total. The van der Waals surface area contributed by atoms with Crippen molar-refractivity contribution in [3.63, 3.8) is 0 Å². The van der Waals surface area contributed by atoms with Gasteiger partial charge in [-0.15, -0.1) is 0 Å². The van der Waals surface area contributed by atoms with E-state index in [2.05, 4.69) is 15.6 Å². The van der Waals surface area contributed by atoms with Crippen LogP contribution in [0.5, 0.6) is 0 Å². The summed E-state index contributed by atoms with van der Waals surface area (Å²) in [6.45, 7) is 7.37. The van der Waals surface area contributed by atoms with Crippen molar-refractivity contribution in [3.05, 3.63) is 91.9 Å². The Labute approximate surface area is 174 Å². The van der Waals surface area contributed by atoms with Gasteiger partial charge in [0.25, 0.3) is 11.5 Å². The molecule has 3 rings (SSSR count). The second-order valence-corrected chi connectivity index (χ2v) is 7.06. The lowest BCUT2D eigenvalue weighted by Gasteiger charge is -2.11. The highest BCUT2D eigenvalue weighted by Gasteiger charge is 2.20. The van der Waals surface area contributed by atoms with E-state index in [0.29, 0.717) is 5.69 Å². The molecule has 1 aromatic heterocycles. The SMILES string of the molecule is Cc1ccc(/C=N/NC(=O)c2nn(-c3ccc(C)c(C)c3)c(=O)c(C#N)c2C)cc1. The summed E-state index contributed by atoms with van der Waals surface area (Å²) in [6, 6.07) is 14.9. The number of amides is 1. The predicted molar refractivity (Wildman–Crippen MR) is 115 cm³/mol. The van der Waals surface area contributed by atoms with Crippen LogP contribution in [0.2, 0.25) is 0 Å². The third-order valence-electron chi connectivity index (χ3n) is 4.86. The van der Waals surface area contributed by atoms with E-state index in [0.717, 1.165) is 26.9 Å². The average Bonchev–Trinajstić information content (AvgIpc) is 2.72. The Bertz CT molecular complexity index is 1250. The fourth-order valence-corrected chi connectivity index (χ4v) is 2.86. The first-order chi connectivity index (χ1) is 14.3. The Morgan fingerprint density at radius 1 is 1.10 bits per heavy atom. The summed E-state index contributed by atoms with van der Waals surface area (Å²) in [7, 11) is 0. The quantitative estimate of drug-likeness (QED) is 0.538. The number of carbonyl (C=O) groups is 1. The van der Waals surface area contributed by atoms with Crippen molar-refractivity contribution in [1.29, 1.82) is 5.26 Å². The van der Waals surface area contributed by atoms with Crippen molar-refractivity contribution in [2.45, 2.75) is 27.7 Å². The van der Waals surface area contributed by atoms with Gasteiger partial charge in [-0.05, 0) is 56.5 Å². The predicted octanol–water partition coefficient (Wildman–Crippen LogP) is 3.10. The van der Waals surface area contributed by atoms with E-state index in [1.165, 1.54) is 13.1 Å². The molecule has 0 atom stereocenters. The molecule has 0 spiro atoms. The molecule has 0 aliphatic rings. The number of nitriles is 1. The first kappa shape index (κ1) is 20.7. The van der Waals surface area contributed by atoms with Crippen molar-refractivity contribution < 1.29 is 4.79 Å². The van der Waals surface area contributed by atoms with Gasteiger partial charge in [0.1, 0.15) is 11.6 Å². The molecule has 30 heavy (non-hydrogen) atoms. The Kier molecular flexibility index (Phi) is 5.88. The van der Waals surface area contributed by atoms with Gasteiger partial charge >= 0.3 is 0 Å². The van der Waals surface area contributed by atoms with Crippen LogP contribution >= 0.6 is 0 Å². The molecule has 7 heteroatoms. The largest absolute Gasteiger partial charge is 0.292 e. The van der Waals surface area contributed by atoms with E-state index in [-0.39, 0.29) is 16.8 Å². The number of carbonyl (C=O) groups excluding carboxylic acids is 1. The molecule has 0 unspecified atom stereocenters. The number of rotatable bonds is 4. The van der Waals surface area contributed by atoms with E-state index >= 15 is 0 Å². The molecular formula is C23H21N5O2. The summed E-state index contributed by atoms with van der Waals surface area (Å²) in [4.78, 5) is 25.4.